The van der Waals surface area contributed by atoms with Crippen LogP contribution in [0.5, 0.6) is 5.75 Å². The molecule has 2 N–H and O–H groups in total. The predicted octanol–water partition coefficient (Wildman–Crippen LogP) is 2.89. The van der Waals surface area contributed by atoms with Crippen LogP contribution in [0, 0.1) is 0 Å². The molecule has 3 nitrogen and oxygen atoms in total. The summed E-state index contributed by atoms with van der Waals surface area (Å²) in [5.74, 6) is -0.293. The Morgan fingerprint density at radius 1 is 1.25 bits per heavy atom. The Bertz CT molecular complexity index is 418. The number of hydrogen-bond acceptors (Lipinski definition) is 3. The van der Waals surface area contributed by atoms with Gasteiger partial charge in [0.2, 0.25) is 0 Å². The number of thioether (sulfide) groups is 1. The molecule has 0 bridgehead atoms. The topological polar surface area (TPSA) is 49.7 Å². The summed E-state index contributed by atoms with van der Waals surface area (Å²) in [5, 5.41) is 0. The lowest BCUT2D eigenvalue weighted by Gasteiger charge is -2.14. The SMILES string of the molecule is OP(O)(=S)Oc1ccccc1SC(F)(F)F. The molecule has 0 saturated carbocycles. The van der Waals surface area contributed by atoms with Crippen molar-refractivity contribution in [3.05, 3.63) is 24.3 Å². The molecule has 0 saturated heterocycles. The van der Waals surface area contributed by atoms with Crippen LogP contribution in [0.2, 0.25) is 0 Å². The van der Waals surface area contributed by atoms with Gasteiger partial charge in [-0.05, 0) is 23.9 Å². The zero-order chi connectivity index (χ0) is 12.4. The van der Waals surface area contributed by atoms with Crippen LogP contribution >= 0.6 is 18.5 Å². The van der Waals surface area contributed by atoms with Gasteiger partial charge in [0.15, 0.2) is 0 Å². The normalized spacial score (nSPS) is 12.6. The maximum atomic E-state index is 12.1. The molecule has 0 spiro atoms. The number of benzene rings is 1. The van der Waals surface area contributed by atoms with Gasteiger partial charge < -0.3 is 14.3 Å². The van der Waals surface area contributed by atoms with Crippen LogP contribution in [-0.4, -0.2) is 15.3 Å². The van der Waals surface area contributed by atoms with Gasteiger partial charge in [-0.2, -0.15) is 13.2 Å². The lowest BCUT2D eigenvalue weighted by Crippen LogP contribution is -2.00. The lowest BCUT2D eigenvalue weighted by molar-refractivity contribution is -0.0328. The lowest BCUT2D eigenvalue weighted by atomic mass is 10.3. The Morgan fingerprint density at radius 3 is 2.31 bits per heavy atom. The first-order valence-electron chi connectivity index (χ1n) is 3.77. The molecule has 1 aromatic carbocycles. The monoisotopic (exact) mass is 290 g/mol. The van der Waals surface area contributed by atoms with E-state index in [0.29, 0.717) is 0 Å². The summed E-state index contributed by atoms with van der Waals surface area (Å²) in [5.41, 5.74) is -4.48. The standard InChI is InChI=1S/C7H6F3O3PS2/c8-7(9,10)16-6-4-2-1-3-5(6)13-14(11,12)15/h1-4H,(H2,11,12,15). The maximum Gasteiger partial charge on any atom is 0.446 e. The molecule has 0 atom stereocenters. The van der Waals surface area contributed by atoms with E-state index < -0.39 is 24.0 Å². The molecule has 0 heterocycles. The van der Waals surface area contributed by atoms with E-state index in [1.54, 1.807) is 0 Å². The molecule has 0 unspecified atom stereocenters. The van der Waals surface area contributed by atoms with Gasteiger partial charge in [0, 0.05) is 11.8 Å². The second-order valence-corrected chi connectivity index (χ2v) is 6.27. The fourth-order valence-corrected chi connectivity index (χ4v) is 2.19. The van der Waals surface area contributed by atoms with E-state index in [-0.39, 0.29) is 10.6 Å². The number of halogens is 3. The van der Waals surface area contributed by atoms with E-state index in [1.165, 1.54) is 18.2 Å². The maximum absolute atomic E-state index is 12.1. The quantitative estimate of drug-likeness (QED) is 0.662. The first-order chi connectivity index (χ1) is 7.17. The number of hydrogen-bond donors (Lipinski definition) is 2. The van der Waals surface area contributed by atoms with E-state index >= 15 is 0 Å². The molecule has 9 heteroatoms. The van der Waals surface area contributed by atoms with Crippen LogP contribution in [0.4, 0.5) is 13.2 Å². The number of alkyl halides is 3. The highest BCUT2D eigenvalue weighted by atomic mass is 32.5. The fraction of sp³-hybridized carbons (Fsp3) is 0.143. The average molecular weight is 290 g/mol. The molecule has 1 rings (SSSR count). The van der Waals surface area contributed by atoms with Crippen molar-refractivity contribution in [1.29, 1.82) is 0 Å². The summed E-state index contributed by atoms with van der Waals surface area (Å²) < 4.78 is 40.9. The van der Waals surface area contributed by atoms with Crippen LogP contribution in [0.3, 0.4) is 0 Å². The third-order valence-corrected chi connectivity index (χ3v) is 2.74. The molecular weight excluding hydrogens is 284 g/mol. The van der Waals surface area contributed by atoms with Crippen molar-refractivity contribution >= 4 is 30.3 Å². The van der Waals surface area contributed by atoms with Crippen LogP contribution in [0.15, 0.2) is 29.2 Å². The molecule has 0 fully saturated rings. The summed E-state index contributed by atoms with van der Waals surface area (Å²) in [7, 11) is 0. The minimum atomic E-state index is -4.48. The number of rotatable bonds is 3. The minimum Gasteiger partial charge on any atom is -0.423 e. The smallest absolute Gasteiger partial charge is 0.423 e. The van der Waals surface area contributed by atoms with Crippen LogP contribution < -0.4 is 4.52 Å². The molecule has 0 aliphatic rings. The third-order valence-electron chi connectivity index (χ3n) is 1.29. The summed E-state index contributed by atoms with van der Waals surface area (Å²) >= 11 is 3.77. The van der Waals surface area contributed by atoms with E-state index in [4.69, 9.17) is 9.79 Å². The predicted molar refractivity (Wildman–Crippen MR) is 57.7 cm³/mol. The molecule has 0 aliphatic heterocycles. The Morgan fingerprint density at radius 2 is 1.81 bits per heavy atom. The van der Waals surface area contributed by atoms with E-state index in [1.807, 2.05) is 0 Å². The number of para-hydroxylation sites is 1. The second-order valence-electron chi connectivity index (χ2n) is 2.58. The van der Waals surface area contributed by atoms with Gasteiger partial charge in [0.1, 0.15) is 5.75 Å². The zero-order valence-electron chi connectivity index (χ0n) is 7.51. The van der Waals surface area contributed by atoms with Gasteiger partial charge in [0.05, 0.1) is 4.90 Å². The van der Waals surface area contributed by atoms with Crippen molar-refractivity contribution in [1.82, 2.24) is 0 Å². The first-order valence-corrected chi connectivity index (χ1v) is 7.21. The summed E-state index contributed by atoms with van der Waals surface area (Å²) in [4.78, 5) is 17.5. The van der Waals surface area contributed by atoms with E-state index in [2.05, 4.69) is 16.3 Å². The zero-order valence-corrected chi connectivity index (χ0v) is 10.0. The molecule has 1 aromatic rings. The van der Waals surface area contributed by atoms with Gasteiger partial charge >= 0.3 is 12.2 Å². The van der Waals surface area contributed by atoms with E-state index in [9.17, 15) is 13.2 Å². The first kappa shape index (κ1) is 13.8. The van der Waals surface area contributed by atoms with Crippen molar-refractivity contribution in [3.8, 4) is 5.75 Å². The Kier molecular flexibility index (Phi) is 4.25. The molecule has 0 amide bonds. The molecule has 90 valence electrons. The third kappa shape index (κ3) is 5.18. The second kappa shape index (κ2) is 4.93. The van der Waals surface area contributed by atoms with Gasteiger partial charge in [-0.1, -0.05) is 12.1 Å². The highest BCUT2D eigenvalue weighted by Gasteiger charge is 2.31. The van der Waals surface area contributed by atoms with Crippen LogP contribution in [-0.2, 0) is 11.8 Å². The van der Waals surface area contributed by atoms with Crippen molar-refractivity contribution in [2.75, 3.05) is 0 Å². The van der Waals surface area contributed by atoms with Crippen LogP contribution in [0.1, 0.15) is 0 Å². The molecular formula is C7H6F3O3PS2. The summed E-state index contributed by atoms with van der Waals surface area (Å²) in [6.45, 7) is -4.03. The van der Waals surface area contributed by atoms with Gasteiger partial charge in [-0.25, -0.2) is 0 Å². The Labute approximate surface area is 98.5 Å². The molecule has 0 aliphatic carbocycles. The van der Waals surface area contributed by atoms with Gasteiger partial charge in [0.25, 0.3) is 0 Å². The average Bonchev–Trinajstić information content (AvgIpc) is 2.03. The highest BCUT2D eigenvalue weighted by molar-refractivity contribution is 8.06. The largest absolute Gasteiger partial charge is 0.446 e. The van der Waals surface area contributed by atoms with Crippen molar-refractivity contribution < 1.29 is 27.5 Å². The Hall–Kier alpha value is -0.270. The molecule has 0 radical (unpaired) electrons. The van der Waals surface area contributed by atoms with Crippen molar-refractivity contribution in [2.45, 2.75) is 10.4 Å². The van der Waals surface area contributed by atoms with Crippen molar-refractivity contribution in [3.63, 3.8) is 0 Å². The van der Waals surface area contributed by atoms with Crippen LogP contribution in [0.25, 0.3) is 0 Å². The molecule has 16 heavy (non-hydrogen) atoms. The van der Waals surface area contributed by atoms with Gasteiger partial charge in [-0.15, -0.1) is 0 Å². The Balaban J connectivity index is 2.97. The summed E-state index contributed by atoms with van der Waals surface area (Å²) in [6.07, 6.45) is 0. The molecule has 0 aromatic heterocycles. The highest BCUT2D eigenvalue weighted by Crippen LogP contribution is 2.46. The fourth-order valence-electron chi connectivity index (χ4n) is 0.863. The minimum absolute atomic E-state index is 0.271. The van der Waals surface area contributed by atoms with Gasteiger partial charge in [-0.3, -0.25) is 0 Å². The summed E-state index contributed by atoms with van der Waals surface area (Å²) in [6, 6.07) is 5.11. The van der Waals surface area contributed by atoms with Crippen molar-refractivity contribution in [2.24, 2.45) is 0 Å². The van der Waals surface area contributed by atoms with E-state index in [0.717, 1.165) is 6.07 Å².